The number of hydrogen-bond donors (Lipinski definition) is 1. The highest BCUT2D eigenvalue weighted by Crippen LogP contribution is 2.43. The van der Waals surface area contributed by atoms with Crippen LogP contribution in [0, 0.1) is 18.3 Å². The topological polar surface area (TPSA) is 94.5 Å². The molecule has 0 aliphatic carbocycles. The van der Waals surface area contributed by atoms with Crippen LogP contribution in [0.1, 0.15) is 38.0 Å². The fourth-order valence-electron chi connectivity index (χ4n) is 3.86. The van der Waals surface area contributed by atoms with Gasteiger partial charge in [-0.2, -0.15) is 5.26 Å². The fourth-order valence-corrected chi connectivity index (χ4v) is 3.86. The third-order valence-electron chi connectivity index (χ3n) is 5.05. The van der Waals surface area contributed by atoms with E-state index in [-0.39, 0.29) is 11.0 Å². The van der Waals surface area contributed by atoms with Crippen molar-refractivity contribution >= 4 is 16.9 Å². The number of hydrogen-bond acceptors (Lipinski definition) is 5. The van der Waals surface area contributed by atoms with Crippen LogP contribution < -0.4 is 5.43 Å². The van der Waals surface area contributed by atoms with Crippen LogP contribution in [0.15, 0.2) is 56.0 Å². The molecule has 27 heavy (non-hydrogen) atoms. The zero-order valence-electron chi connectivity index (χ0n) is 15.7. The van der Waals surface area contributed by atoms with Gasteiger partial charge in [0, 0.05) is 29.6 Å². The molecular formula is C21H20N2O4. The van der Waals surface area contributed by atoms with Gasteiger partial charge in [-0.25, -0.2) is 4.79 Å². The van der Waals surface area contributed by atoms with Crippen LogP contribution in [0.5, 0.6) is 0 Å². The van der Waals surface area contributed by atoms with Gasteiger partial charge >= 0.3 is 5.97 Å². The second-order valence-corrected chi connectivity index (χ2v) is 6.54. The molecule has 138 valence electrons. The predicted octanol–water partition coefficient (Wildman–Crippen LogP) is 3.68. The van der Waals surface area contributed by atoms with Crippen molar-refractivity contribution in [3.05, 3.63) is 68.4 Å². The molecule has 1 atom stereocenters. The van der Waals surface area contributed by atoms with Gasteiger partial charge in [-0.15, -0.1) is 0 Å². The highest BCUT2D eigenvalue weighted by atomic mass is 16.4. The lowest BCUT2D eigenvalue weighted by atomic mass is 9.79. The Labute approximate surface area is 156 Å². The van der Waals surface area contributed by atoms with E-state index in [0.717, 1.165) is 0 Å². The molecule has 0 saturated carbocycles. The molecule has 2 aromatic rings. The first kappa shape index (κ1) is 18.5. The second-order valence-electron chi connectivity index (χ2n) is 6.54. The minimum atomic E-state index is -1.09. The molecular weight excluding hydrogens is 344 g/mol. The molecule has 6 nitrogen and oxygen atoms in total. The minimum Gasteiger partial charge on any atom is -0.478 e. The first-order valence-corrected chi connectivity index (χ1v) is 8.67. The summed E-state index contributed by atoms with van der Waals surface area (Å²) < 4.78 is 5.81. The number of benzene rings is 1. The normalized spacial score (nSPS) is 17.4. The number of rotatable bonds is 3. The number of allylic oxidation sites excluding steroid dienone is 3. The summed E-state index contributed by atoms with van der Waals surface area (Å²) in [6.45, 7) is 7.68. The molecule has 6 heteroatoms. The number of aliphatic carboxylic acids is 1. The minimum absolute atomic E-state index is 0.121. The van der Waals surface area contributed by atoms with E-state index in [1.807, 2.05) is 18.7 Å². The lowest BCUT2D eigenvalue weighted by Gasteiger charge is -2.35. The zero-order chi connectivity index (χ0) is 19.9. The largest absolute Gasteiger partial charge is 0.478 e. The number of carboxylic acids is 1. The number of nitrogens with zero attached hydrogens (tertiary/aromatic N) is 2. The van der Waals surface area contributed by atoms with Crippen molar-refractivity contribution < 1.29 is 14.3 Å². The third kappa shape index (κ3) is 2.81. The van der Waals surface area contributed by atoms with E-state index in [4.69, 9.17) is 4.42 Å². The van der Waals surface area contributed by atoms with E-state index in [1.54, 1.807) is 32.0 Å². The van der Waals surface area contributed by atoms with Crippen molar-refractivity contribution in [1.29, 1.82) is 5.26 Å². The van der Waals surface area contributed by atoms with Crippen molar-refractivity contribution in [3.63, 3.8) is 0 Å². The number of para-hydroxylation sites is 1. The third-order valence-corrected chi connectivity index (χ3v) is 5.05. The molecule has 1 aliphatic rings. The molecule has 0 radical (unpaired) electrons. The summed E-state index contributed by atoms with van der Waals surface area (Å²) in [7, 11) is 0. The molecule has 0 spiro atoms. The van der Waals surface area contributed by atoms with Crippen LogP contribution in [0.4, 0.5) is 0 Å². The lowest BCUT2D eigenvalue weighted by Crippen LogP contribution is -2.31. The van der Waals surface area contributed by atoms with Gasteiger partial charge in [-0.1, -0.05) is 12.1 Å². The summed E-state index contributed by atoms with van der Waals surface area (Å²) in [5, 5.41) is 20.1. The van der Waals surface area contributed by atoms with Gasteiger partial charge in [0.2, 0.25) is 0 Å². The Bertz CT molecular complexity index is 1120. The van der Waals surface area contributed by atoms with E-state index in [1.165, 1.54) is 6.07 Å². The second kappa shape index (κ2) is 6.76. The van der Waals surface area contributed by atoms with Gasteiger partial charge in [0.1, 0.15) is 11.3 Å². The molecule has 1 aliphatic heterocycles. The van der Waals surface area contributed by atoms with Gasteiger partial charge in [0.05, 0.1) is 28.5 Å². The van der Waals surface area contributed by atoms with Gasteiger partial charge in [-0.05, 0) is 33.8 Å². The molecule has 0 amide bonds. The Morgan fingerprint density at radius 2 is 2.00 bits per heavy atom. The number of carbonyl (C=O) groups is 1. The van der Waals surface area contributed by atoms with Gasteiger partial charge in [0.25, 0.3) is 0 Å². The Morgan fingerprint density at radius 3 is 2.59 bits per heavy atom. The van der Waals surface area contributed by atoms with Crippen molar-refractivity contribution in [2.45, 2.75) is 33.6 Å². The Hall–Kier alpha value is -3.33. The summed E-state index contributed by atoms with van der Waals surface area (Å²) in [4.78, 5) is 26.3. The van der Waals surface area contributed by atoms with E-state index in [2.05, 4.69) is 6.07 Å². The van der Waals surface area contributed by atoms with Gasteiger partial charge in [-0.3, -0.25) is 4.79 Å². The summed E-state index contributed by atoms with van der Waals surface area (Å²) in [6, 6.07) is 8.64. The van der Waals surface area contributed by atoms with Crippen molar-refractivity contribution in [1.82, 2.24) is 4.90 Å². The monoisotopic (exact) mass is 364 g/mol. The number of aryl methyl sites for hydroxylation is 1. The van der Waals surface area contributed by atoms with Crippen LogP contribution in [0.2, 0.25) is 0 Å². The average molecular weight is 364 g/mol. The fraction of sp³-hybridized carbons (Fsp3) is 0.286. The van der Waals surface area contributed by atoms with Crippen molar-refractivity contribution in [3.8, 4) is 6.07 Å². The first-order chi connectivity index (χ1) is 12.8. The summed E-state index contributed by atoms with van der Waals surface area (Å²) in [5.74, 6) is -1.46. The summed E-state index contributed by atoms with van der Waals surface area (Å²) in [6.07, 6.45) is 0. The Morgan fingerprint density at radius 1 is 1.30 bits per heavy atom. The Kier molecular flexibility index (Phi) is 4.63. The van der Waals surface area contributed by atoms with E-state index in [0.29, 0.717) is 45.8 Å². The zero-order valence-corrected chi connectivity index (χ0v) is 15.7. The molecule has 1 N–H and O–H groups in total. The van der Waals surface area contributed by atoms with Crippen LogP contribution in [-0.4, -0.2) is 22.5 Å². The van der Waals surface area contributed by atoms with Crippen LogP contribution in [0.3, 0.4) is 0 Å². The molecule has 0 unspecified atom stereocenters. The van der Waals surface area contributed by atoms with Gasteiger partial charge < -0.3 is 14.4 Å². The smallest absolute Gasteiger partial charge is 0.334 e. The number of nitriles is 1. The van der Waals surface area contributed by atoms with E-state index in [9.17, 15) is 20.0 Å². The maximum absolute atomic E-state index is 12.4. The molecule has 1 aromatic heterocycles. The molecule has 1 aromatic carbocycles. The van der Waals surface area contributed by atoms with Crippen molar-refractivity contribution in [2.24, 2.45) is 0 Å². The highest BCUT2D eigenvalue weighted by molar-refractivity contribution is 5.93. The van der Waals surface area contributed by atoms with Crippen LogP contribution >= 0.6 is 0 Å². The highest BCUT2D eigenvalue weighted by Gasteiger charge is 2.37. The summed E-state index contributed by atoms with van der Waals surface area (Å²) in [5.41, 5.74) is 2.39. The maximum atomic E-state index is 12.4. The first-order valence-electron chi connectivity index (χ1n) is 8.67. The van der Waals surface area contributed by atoms with E-state index >= 15 is 0 Å². The van der Waals surface area contributed by atoms with E-state index < -0.39 is 11.9 Å². The number of carboxylic acid groups (broad SMARTS) is 1. The predicted molar refractivity (Wildman–Crippen MR) is 101 cm³/mol. The quantitative estimate of drug-likeness (QED) is 0.893. The van der Waals surface area contributed by atoms with Crippen LogP contribution in [-0.2, 0) is 4.79 Å². The lowest BCUT2D eigenvalue weighted by molar-refractivity contribution is -0.133. The molecule has 0 fully saturated rings. The van der Waals surface area contributed by atoms with Crippen molar-refractivity contribution in [2.75, 3.05) is 6.54 Å². The maximum Gasteiger partial charge on any atom is 0.334 e. The molecule has 0 saturated heterocycles. The molecule has 3 rings (SSSR count). The van der Waals surface area contributed by atoms with Gasteiger partial charge in [0.15, 0.2) is 5.43 Å². The molecule has 2 heterocycles. The number of fused-ring (bicyclic) bond motifs is 1. The van der Waals surface area contributed by atoms with Crippen LogP contribution in [0.25, 0.3) is 11.0 Å². The summed E-state index contributed by atoms with van der Waals surface area (Å²) >= 11 is 0. The molecule has 0 bridgehead atoms. The SMILES string of the molecule is CCN1C(C)=C(C#N)[C@@H](c2cccc3c(=O)cc(C)oc23)C(C(=O)O)=C1C. The average Bonchev–Trinajstić information content (AvgIpc) is 2.60. The standard InChI is InChI=1S/C21H20N2O4/c1-5-23-12(3)16(10-22)19(18(13(23)4)21(25)26)15-8-6-7-14-17(24)9-11(2)27-20(14)15/h6-9,19H,5H2,1-4H3,(H,25,26)/t19-/m1/s1. The Balaban J connectivity index is 2.43.